The lowest BCUT2D eigenvalue weighted by molar-refractivity contribution is -0.136. The third-order valence-electron chi connectivity index (χ3n) is 4.95. The van der Waals surface area contributed by atoms with Crippen LogP contribution in [0, 0.1) is 12.8 Å². The zero-order valence-electron chi connectivity index (χ0n) is 13.6. The summed E-state index contributed by atoms with van der Waals surface area (Å²) in [7, 11) is 0. The molecule has 0 aliphatic carbocycles. The molecule has 2 fully saturated rings. The molecule has 0 atom stereocenters. The first-order valence-corrected chi connectivity index (χ1v) is 9.43. The summed E-state index contributed by atoms with van der Waals surface area (Å²) in [6.45, 7) is 5.67. The van der Waals surface area contributed by atoms with Gasteiger partial charge in [0.1, 0.15) is 0 Å². The average Bonchev–Trinajstić information content (AvgIpc) is 2.71. The van der Waals surface area contributed by atoms with Crippen molar-refractivity contribution in [1.29, 1.82) is 0 Å². The van der Waals surface area contributed by atoms with Crippen LogP contribution in [0.5, 0.6) is 0 Å². The van der Waals surface area contributed by atoms with Gasteiger partial charge >= 0.3 is 0 Å². The molecule has 0 radical (unpaired) electrons. The summed E-state index contributed by atoms with van der Waals surface area (Å²) in [6.07, 6.45) is 4.87. The van der Waals surface area contributed by atoms with Gasteiger partial charge < -0.3 is 9.80 Å². The molecule has 4 nitrogen and oxygen atoms in total. The SMILES string of the molecule is Cc1ccc2nc(N3CC(C(=O)N4CCCCCC4)C3)sc2c1. The molecule has 1 aromatic carbocycles. The van der Waals surface area contributed by atoms with E-state index in [-0.39, 0.29) is 5.92 Å². The van der Waals surface area contributed by atoms with E-state index in [2.05, 4.69) is 34.9 Å². The van der Waals surface area contributed by atoms with Crippen LogP contribution in [0.4, 0.5) is 5.13 Å². The quantitative estimate of drug-likeness (QED) is 0.847. The van der Waals surface area contributed by atoms with Crippen LogP contribution in [0.2, 0.25) is 0 Å². The van der Waals surface area contributed by atoms with Crippen LogP contribution >= 0.6 is 11.3 Å². The fourth-order valence-electron chi connectivity index (χ4n) is 3.50. The van der Waals surface area contributed by atoms with Gasteiger partial charge in [-0.2, -0.15) is 0 Å². The van der Waals surface area contributed by atoms with Gasteiger partial charge in [-0.25, -0.2) is 4.98 Å². The number of aryl methyl sites for hydroxylation is 1. The first kappa shape index (κ1) is 14.9. The van der Waals surface area contributed by atoms with Crippen molar-refractivity contribution in [2.75, 3.05) is 31.1 Å². The highest BCUT2D eigenvalue weighted by Crippen LogP contribution is 2.34. The molecule has 0 unspecified atom stereocenters. The van der Waals surface area contributed by atoms with E-state index >= 15 is 0 Å². The highest BCUT2D eigenvalue weighted by Gasteiger charge is 2.36. The maximum atomic E-state index is 12.6. The zero-order chi connectivity index (χ0) is 15.8. The Balaban J connectivity index is 1.40. The average molecular weight is 329 g/mol. The summed E-state index contributed by atoms with van der Waals surface area (Å²) in [6, 6.07) is 6.38. The van der Waals surface area contributed by atoms with Crippen molar-refractivity contribution in [2.45, 2.75) is 32.6 Å². The van der Waals surface area contributed by atoms with E-state index in [1.165, 1.54) is 35.9 Å². The Labute approximate surface area is 141 Å². The van der Waals surface area contributed by atoms with E-state index in [0.717, 1.165) is 36.8 Å². The number of carbonyl (C=O) groups excluding carboxylic acids is 1. The second-order valence-electron chi connectivity index (χ2n) is 6.81. The van der Waals surface area contributed by atoms with E-state index in [4.69, 9.17) is 4.98 Å². The van der Waals surface area contributed by atoms with Crippen molar-refractivity contribution in [3.05, 3.63) is 23.8 Å². The molecule has 1 amide bonds. The first-order chi connectivity index (χ1) is 11.2. The van der Waals surface area contributed by atoms with Crippen LogP contribution in [-0.2, 0) is 4.79 Å². The molecule has 1 aromatic heterocycles. The molecule has 2 saturated heterocycles. The lowest BCUT2D eigenvalue weighted by Gasteiger charge is -2.40. The molecule has 23 heavy (non-hydrogen) atoms. The Morgan fingerprint density at radius 2 is 1.91 bits per heavy atom. The molecule has 2 aliphatic rings. The van der Waals surface area contributed by atoms with Crippen molar-refractivity contribution in [3.63, 3.8) is 0 Å². The lowest BCUT2D eigenvalue weighted by Crippen LogP contribution is -2.54. The number of carbonyl (C=O) groups is 1. The molecule has 0 saturated carbocycles. The van der Waals surface area contributed by atoms with E-state index in [9.17, 15) is 4.79 Å². The van der Waals surface area contributed by atoms with E-state index in [0.29, 0.717) is 5.91 Å². The molecular formula is C18H23N3OS. The summed E-state index contributed by atoms with van der Waals surface area (Å²) in [5, 5.41) is 1.06. The van der Waals surface area contributed by atoms with E-state index in [1.54, 1.807) is 11.3 Å². The number of amides is 1. The molecule has 2 aliphatic heterocycles. The van der Waals surface area contributed by atoms with Gasteiger partial charge in [0.2, 0.25) is 5.91 Å². The van der Waals surface area contributed by atoms with Gasteiger partial charge in [-0.3, -0.25) is 4.79 Å². The second kappa shape index (κ2) is 6.11. The molecular weight excluding hydrogens is 306 g/mol. The van der Waals surface area contributed by atoms with E-state index in [1.807, 2.05) is 0 Å². The fourth-order valence-corrected chi connectivity index (χ4v) is 4.58. The predicted molar refractivity (Wildman–Crippen MR) is 95.1 cm³/mol. The number of hydrogen-bond acceptors (Lipinski definition) is 4. The minimum absolute atomic E-state index is 0.168. The highest BCUT2D eigenvalue weighted by molar-refractivity contribution is 7.22. The largest absolute Gasteiger partial charge is 0.346 e. The number of aromatic nitrogens is 1. The highest BCUT2D eigenvalue weighted by atomic mass is 32.1. The minimum atomic E-state index is 0.168. The van der Waals surface area contributed by atoms with Gasteiger partial charge in [0, 0.05) is 26.2 Å². The molecule has 122 valence electrons. The van der Waals surface area contributed by atoms with Gasteiger partial charge in [0.05, 0.1) is 16.1 Å². The van der Waals surface area contributed by atoms with Crippen LogP contribution in [0.25, 0.3) is 10.2 Å². The summed E-state index contributed by atoms with van der Waals surface area (Å²) >= 11 is 1.74. The van der Waals surface area contributed by atoms with Crippen molar-refractivity contribution in [1.82, 2.24) is 9.88 Å². The van der Waals surface area contributed by atoms with Gasteiger partial charge in [-0.1, -0.05) is 30.2 Å². The summed E-state index contributed by atoms with van der Waals surface area (Å²) in [4.78, 5) is 21.7. The van der Waals surface area contributed by atoms with Gasteiger partial charge in [-0.15, -0.1) is 0 Å². The zero-order valence-corrected chi connectivity index (χ0v) is 14.4. The Morgan fingerprint density at radius 3 is 2.65 bits per heavy atom. The minimum Gasteiger partial charge on any atom is -0.346 e. The van der Waals surface area contributed by atoms with Gasteiger partial charge in [-0.05, 0) is 37.5 Å². The Hall–Kier alpha value is -1.62. The standard InChI is InChI=1S/C18H23N3OS/c1-13-6-7-15-16(10-13)23-18(19-15)21-11-14(12-21)17(22)20-8-4-2-3-5-9-20/h6-7,10,14H,2-5,8-9,11-12H2,1H3. The maximum absolute atomic E-state index is 12.6. The smallest absolute Gasteiger partial charge is 0.229 e. The molecule has 4 rings (SSSR count). The van der Waals surface area contributed by atoms with Crippen molar-refractivity contribution < 1.29 is 4.79 Å². The lowest BCUT2D eigenvalue weighted by atomic mass is 9.99. The van der Waals surface area contributed by atoms with Crippen LogP contribution in [-0.4, -0.2) is 42.0 Å². The molecule has 3 heterocycles. The number of fused-ring (bicyclic) bond motifs is 1. The van der Waals surface area contributed by atoms with E-state index < -0.39 is 0 Å². The third-order valence-corrected chi connectivity index (χ3v) is 6.03. The Morgan fingerprint density at radius 1 is 1.17 bits per heavy atom. The number of benzene rings is 1. The fraction of sp³-hybridized carbons (Fsp3) is 0.556. The van der Waals surface area contributed by atoms with Crippen molar-refractivity contribution >= 4 is 32.6 Å². The second-order valence-corrected chi connectivity index (χ2v) is 7.82. The predicted octanol–water partition coefficient (Wildman–Crippen LogP) is 3.44. The molecule has 2 aromatic rings. The summed E-state index contributed by atoms with van der Waals surface area (Å²) < 4.78 is 1.24. The molecule has 5 heteroatoms. The summed E-state index contributed by atoms with van der Waals surface area (Å²) in [5.41, 5.74) is 2.34. The normalized spacial score (nSPS) is 19.7. The molecule has 0 spiro atoms. The van der Waals surface area contributed by atoms with Crippen LogP contribution in [0.1, 0.15) is 31.2 Å². The number of thiazole rings is 1. The topological polar surface area (TPSA) is 36.4 Å². The first-order valence-electron chi connectivity index (χ1n) is 8.61. The number of nitrogens with zero attached hydrogens (tertiary/aromatic N) is 3. The molecule has 0 N–H and O–H groups in total. The van der Waals surface area contributed by atoms with Crippen molar-refractivity contribution in [2.24, 2.45) is 5.92 Å². The summed E-state index contributed by atoms with van der Waals surface area (Å²) in [5.74, 6) is 0.530. The van der Waals surface area contributed by atoms with Crippen LogP contribution < -0.4 is 4.90 Å². The number of hydrogen-bond donors (Lipinski definition) is 0. The number of rotatable bonds is 2. The number of anilines is 1. The van der Waals surface area contributed by atoms with Gasteiger partial charge in [0.15, 0.2) is 5.13 Å². The Bertz CT molecular complexity index is 712. The molecule has 0 bridgehead atoms. The maximum Gasteiger partial charge on any atom is 0.229 e. The number of likely N-dealkylation sites (tertiary alicyclic amines) is 1. The van der Waals surface area contributed by atoms with Crippen LogP contribution in [0.3, 0.4) is 0 Å². The third kappa shape index (κ3) is 2.94. The van der Waals surface area contributed by atoms with Gasteiger partial charge in [0.25, 0.3) is 0 Å². The van der Waals surface area contributed by atoms with Crippen molar-refractivity contribution in [3.8, 4) is 0 Å². The van der Waals surface area contributed by atoms with Crippen LogP contribution in [0.15, 0.2) is 18.2 Å². The monoisotopic (exact) mass is 329 g/mol. The Kier molecular flexibility index (Phi) is 3.97.